The summed E-state index contributed by atoms with van der Waals surface area (Å²) in [5, 5.41) is 3.48. The zero-order valence-electron chi connectivity index (χ0n) is 10.4. The predicted octanol–water partition coefficient (Wildman–Crippen LogP) is 1.96. The number of piperazine rings is 1. The first-order chi connectivity index (χ1) is 6.39. The maximum Gasteiger partial charge on any atom is 0.0167 e. The lowest BCUT2D eigenvalue weighted by Crippen LogP contribution is -2.51. The molecule has 0 bridgehead atoms. The Bertz CT molecular complexity index is 172. The van der Waals surface area contributed by atoms with E-state index >= 15 is 0 Å². The summed E-state index contributed by atoms with van der Waals surface area (Å²) in [6, 6.07) is 0.663. The molecule has 0 aliphatic carbocycles. The second-order valence-corrected chi connectivity index (χ2v) is 5.88. The first-order valence-electron chi connectivity index (χ1n) is 5.85. The molecule has 1 N–H and O–H groups in total. The van der Waals surface area contributed by atoms with Crippen molar-refractivity contribution in [2.45, 2.75) is 40.7 Å². The van der Waals surface area contributed by atoms with Crippen molar-refractivity contribution in [2.75, 3.05) is 26.2 Å². The number of rotatable bonds is 2. The summed E-state index contributed by atoms with van der Waals surface area (Å²) in [5.74, 6) is 0.771. The Hall–Kier alpha value is -0.0800. The van der Waals surface area contributed by atoms with Crippen molar-refractivity contribution in [3.05, 3.63) is 0 Å². The first-order valence-corrected chi connectivity index (χ1v) is 5.85. The maximum atomic E-state index is 3.48. The summed E-state index contributed by atoms with van der Waals surface area (Å²) in [5.41, 5.74) is 0.439. The van der Waals surface area contributed by atoms with Crippen molar-refractivity contribution in [3.63, 3.8) is 0 Å². The Balaban J connectivity index is 2.36. The van der Waals surface area contributed by atoms with Crippen LogP contribution in [-0.4, -0.2) is 37.1 Å². The Morgan fingerprint density at radius 2 is 2.07 bits per heavy atom. The summed E-state index contributed by atoms with van der Waals surface area (Å²) < 4.78 is 0. The van der Waals surface area contributed by atoms with Crippen molar-refractivity contribution >= 4 is 0 Å². The lowest BCUT2D eigenvalue weighted by Gasteiger charge is -2.37. The highest BCUT2D eigenvalue weighted by molar-refractivity contribution is 4.79. The molecule has 2 atom stereocenters. The van der Waals surface area contributed by atoms with Gasteiger partial charge < -0.3 is 10.2 Å². The van der Waals surface area contributed by atoms with E-state index < -0.39 is 0 Å². The van der Waals surface area contributed by atoms with Gasteiger partial charge in [-0.05, 0) is 18.3 Å². The van der Waals surface area contributed by atoms with Crippen LogP contribution < -0.4 is 5.32 Å². The molecule has 1 saturated heterocycles. The zero-order chi connectivity index (χ0) is 10.8. The van der Waals surface area contributed by atoms with Gasteiger partial charge in [0.15, 0.2) is 0 Å². The van der Waals surface area contributed by atoms with Gasteiger partial charge in [-0.2, -0.15) is 0 Å². The second-order valence-electron chi connectivity index (χ2n) is 5.88. The van der Waals surface area contributed by atoms with Crippen molar-refractivity contribution in [2.24, 2.45) is 11.3 Å². The summed E-state index contributed by atoms with van der Waals surface area (Å²) in [7, 11) is 0. The van der Waals surface area contributed by atoms with Crippen LogP contribution >= 0.6 is 0 Å². The Labute approximate surface area is 89.1 Å². The van der Waals surface area contributed by atoms with E-state index in [-0.39, 0.29) is 0 Å². The largest absolute Gasteiger partial charge is 0.312 e. The van der Waals surface area contributed by atoms with Crippen LogP contribution in [0, 0.1) is 11.3 Å². The Morgan fingerprint density at radius 1 is 1.43 bits per heavy atom. The SMILES string of the molecule is CC(CN1CCN[C@@H](C)C1)C(C)(C)C. The van der Waals surface area contributed by atoms with Crippen LogP contribution in [0.1, 0.15) is 34.6 Å². The highest BCUT2D eigenvalue weighted by Gasteiger charge is 2.24. The van der Waals surface area contributed by atoms with E-state index in [1.807, 2.05) is 0 Å². The fourth-order valence-electron chi connectivity index (χ4n) is 1.84. The quantitative estimate of drug-likeness (QED) is 0.730. The van der Waals surface area contributed by atoms with Gasteiger partial charge >= 0.3 is 0 Å². The number of hydrogen-bond donors (Lipinski definition) is 1. The van der Waals surface area contributed by atoms with Gasteiger partial charge in [-0.25, -0.2) is 0 Å². The van der Waals surface area contributed by atoms with Gasteiger partial charge in [0.1, 0.15) is 0 Å². The minimum Gasteiger partial charge on any atom is -0.312 e. The van der Waals surface area contributed by atoms with Crippen LogP contribution in [0.3, 0.4) is 0 Å². The van der Waals surface area contributed by atoms with E-state index in [4.69, 9.17) is 0 Å². The third-order valence-electron chi connectivity index (χ3n) is 3.46. The van der Waals surface area contributed by atoms with Gasteiger partial charge in [0.2, 0.25) is 0 Å². The second kappa shape index (κ2) is 4.63. The molecule has 1 fully saturated rings. The fourth-order valence-corrected chi connectivity index (χ4v) is 1.84. The fraction of sp³-hybridized carbons (Fsp3) is 1.00. The maximum absolute atomic E-state index is 3.48. The van der Waals surface area contributed by atoms with Gasteiger partial charge in [0.05, 0.1) is 0 Å². The summed E-state index contributed by atoms with van der Waals surface area (Å²) in [6.07, 6.45) is 0. The highest BCUT2D eigenvalue weighted by Crippen LogP contribution is 2.26. The molecular weight excluding hydrogens is 172 g/mol. The summed E-state index contributed by atoms with van der Waals surface area (Å²) in [4.78, 5) is 2.59. The van der Waals surface area contributed by atoms with Crippen molar-refractivity contribution in [3.8, 4) is 0 Å². The average Bonchev–Trinajstić information content (AvgIpc) is 2.02. The summed E-state index contributed by atoms with van der Waals surface area (Å²) in [6.45, 7) is 16.5. The molecule has 0 radical (unpaired) electrons. The van der Waals surface area contributed by atoms with Gasteiger partial charge in [0, 0.05) is 32.2 Å². The summed E-state index contributed by atoms with van der Waals surface area (Å²) >= 11 is 0. The molecule has 14 heavy (non-hydrogen) atoms. The van der Waals surface area contributed by atoms with Crippen molar-refractivity contribution in [1.82, 2.24) is 10.2 Å². The van der Waals surface area contributed by atoms with E-state index in [2.05, 4.69) is 44.8 Å². The van der Waals surface area contributed by atoms with Crippen LogP contribution in [-0.2, 0) is 0 Å². The molecule has 0 aromatic carbocycles. The van der Waals surface area contributed by atoms with Gasteiger partial charge in [-0.1, -0.05) is 27.7 Å². The molecule has 1 heterocycles. The monoisotopic (exact) mass is 198 g/mol. The molecule has 0 spiro atoms. The lowest BCUT2D eigenvalue weighted by molar-refractivity contribution is 0.134. The van der Waals surface area contributed by atoms with Gasteiger partial charge in [-0.15, -0.1) is 0 Å². The molecular formula is C12H26N2. The standard InChI is InChI=1S/C12H26N2/c1-10(12(3,4)5)8-14-7-6-13-11(2)9-14/h10-11,13H,6-9H2,1-5H3/t10?,11-/m0/s1. The first kappa shape index (κ1) is 12.0. The molecule has 2 heteroatoms. The Kier molecular flexibility index (Phi) is 3.96. The topological polar surface area (TPSA) is 15.3 Å². The molecule has 1 rings (SSSR count). The smallest absolute Gasteiger partial charge is 0.0167 e. The molecule has 2 nitrogen and oxygen atoms in total. The van der Waals surface area contributed by atoms with Crippen LogP contribution in [0.15, 0.2) is 0 Å². The van der Waals surface area contributed by atoms with Crippen LogP contribution in [0.2, 0.25) is 0 Å². The molecule has 0 aromatic heterocycles. The van der Waals surface area contributed by atoms with Crippen LogP contribution in [0.4, 0.5) is 0 Å². The zero-order valence-corrected chi connectivity index (χ0v) is 10.4. The molecule has 1 aliphatic heterocycles. The van der Waals surface area contributed by atoms with E-state index in [9.17, 15) is 0 Å². The minimum atomic E-state index is 0.439. The molecule has 84 valence electrons. The van der Waals surface area contributed by atoms with Gasteiger partial charge in [-0.3, -0.25) is 0 Å². The van der Waals surface area contributed by atoms with Gasteiger partial charge in [0.25, 0.3) is 0 Å². The van der Waals surface area contributed by atoms with Crippen molar-refractivity contribution in [1.29, 1.82) is 0 Å². The Morgan fingerprint density at radius 3 is 2.57 bits per heavy atom. The molecule has 0 aromatic rings. The molecule has 0 saturated carbocycles. The third kappa shape index (κ3) is 3.58. The lowest BCUT2D eigenvalue weighted by atomic mass is 9.81. The van der Waals surface area contributed by atoms with E-state index in [0.717, 1.165) is 12.5 Å². The highest BCUT2D eigenvalue weighted by atomic mass is 15.2. The van der Waals surface area contributed by atoms with Crippen LogP contribution in [0.25, 0.3) is 0 Å². The average molecular weight is 198 g/mol. The molecule has 1 aliphatic rings. The minimum absolute atomic E-state index is 0.439. The number of hydrogen-bond acceptors (Lipinski definition) is 2. The van der Waals surface area contributed by atoms with Crippen LogP contribution in [0.5, 0.6) is 0 Å². The third-order valence-corrected chi connectivity index (χ3v) is 3.46. The normalized spacial score (nSPS) is 27.6. The molecule has 0 amide bonds. The number of nitrogens with one attached hydrogen (secondary N) is 1. The predicted molar refractivity (Wildman–Crippen MR) is 62.5 cm³/mol. The number of nitrogens with zero attached hydrogens (tertiary/aromatic N) is 1. The van der Waals surface area contributed by atoms with E-state index in [1.165, 1.54) is 19.6 Å². The van der Waals surface area contributed by atoms with Crippen molar-refractivity contribution < 1.29 is 0 Å². The van der Waals surface area contributed by atoms with E-state index in [0.29, 0.717) is 11.5 Å². The molecule has 1 unspecified atom stereocenters. The van der Waals surface area contributed by atoms with E-state index in [1.54, 1.807) is 0 Å².